The number of amides is 2. The lowest BCUT2D eigenvalue weighted by atomic mass is 10.1. The predicted molar refractivity (Wildman–Crippen MR) is 102 cm³/mol. The summed E-state index contributed by atoms with van der Waals surface area (Å²) in [6.07, 6.45) is 1.06. The first kappa shape index (κ1) is 18.4. The number of hydrogen-bond donors (Lipinski definition) is 2. The average Bonchev–Trinajstić information content (AvgIpc) is 3.13. The van der Waals surface area contributed by atoms with Gasteiger partial charge in [-0.15, -0.1) is 0 Å². The Labute approximate surface area is 157 Å². The van der Waals surface area contributed by atoms with Crippen molar-refractivity contribution in [2.45, 2.75) is 26.2 Å². The van der Waals surface area contributed by atoms with Crippen LogP contribution in [-0.2, 0) is 16.0 Å². The zero-order chi connectivity index (χ0) is 19.1. The number of nitrogens with zero attached hydrogens (tertiary/aromatic N) is 1. The number of benzene rings is 2. The summed E-state index contributed by atoms with van der Waals surface area (Å²) in [7, 11) is 0. The molecule has 2 aromatic carbocycles. The van der Waals surface area contributed by atoms with E-state index in [1.807, 2.05) is 30.3 Å². The third-order valence-electron chi connectivity index (χ3n) is 3.93. The first-order chi connectivity index (χ1) is 13.1. The second kappa shape index (κ2) is 8.84. The number of rotatable bonds is 7. The van der Waals surface area contributed by atoms with Crippen LogP contribution < -0.4 is 20.2 Å². The molecule has 0 saturated heterocycles. The molecule has 2 amide bonds. The minimum atomic E-state index is -0.228. The van der Waals surface area contributed by atoms with E-state index in [-0.39, 0.29) is 25.0 Å². The van der Waals surface area contributed by atoms with Gasteiger partial charge in [-0.05, 0) is 31.0 Å². The van der Waals surface area contributed by atoms with E-state index in [0.29, 0.717) is 35.7 Å². The molecule has 7 nitrogen and oxygen atoms in total. The minimum Gasteiger partial charge on any atom is -0.454 e. The van der Waals surface area contributed by atoms with E-state index in [0.717, 1.165) is 5.56 Å². The summed E-state index contributed by atoms with van der Waals surface area (Å²) in [5, 5.41) is 6.76. The second-order valence-electron chi connectivity index (χ2n) is 6.16. The minimum absolute atomic E-state index is 0.0768. The van der Waals surface area contributed by atoms with E-state index >= 15 is 0 Å². The van der Waals surface area contributed by atoms with Gasteiger partial charge in [0.1, 0.15) is 0 Å². The standard InChI is InChI=1S/C20H21N3O4/c1-14(22-23-19(24)10-7-15-5-3-2-4-6-15)11-20(25)21-16-8-9-17-18(12-16)27-13-26-17/h2-6,8-9,12H,7,10-11,13H2,1H3,(H,21,25)(H,23,24). The third-order valence-corrected chi connectivity index (χ3v) is 3.93. The van der Waals surface area contributed by atoms with Gasteiger partial charge in [0.05, 0.1) is 6.42 Å². The lowest BCUT2D eigenvalue weighted by Gasteiger charge is -2.06. The molecule has 140 valence electrons. The van der Waals surface area contributed by atoms with Gasteiger partial charge in [-0.1, -0.05) is 30.3 Å². The highest BCUT2D eigenvalue weighted by Gasteiger charge is 2.14. The van der Waals surface area contributed by atoms with Crippen molar-refractivity contribution < 1.29 is 19.1 Å². The fraction of sp³-hybridized carbons (Fsp3) is 0.250. The van der Waals surface area contributed by atoms with Crippen LogP contribution in [0.25, 0.3) is 0 Å². The maximum atomic E-state index is 12.1. The number of ether oxygens (including phenoxy) is 2. The Bertz CT molecular complexity index is 850. The van der Waals surface area contributed by atoms with E-state index in [9.17, 15) is 9.59 Å². The molecular weight excluding hydrogens is 346 g/mol. The van der Waals surface area contributed by atoms with Crippen molar-refractivity contribution >= 4 is 23.2 Å². The van der Waals surface area contributed by atoms with E-state index < -0.39 is 0 Å². The van der Waals surface area contributed by atoms with E-state index in [1.165, 1.54) is 0 Å². The fourth-order valence-electron chi connectivity index (χ4n) is 2.57. The van der Waals surface area contributed by atoms with Crippen molar-refractivity contribution in [3.05, 3.63) is 54.1 Å². The Hall–Kier alpha value is -3.35. The lowest BCUT2D eigenvalue weighted by molar-refractivity contribution is -0.121. The largest absolute Gasteiger partial charge is 0.454 e. The van der Waals surface area contributed by atoms with Crippen LogP contribution in [0.2, 0.25) is 0 Å². The van der Waals surface area contributed by atoms with Gasteiger partial charge in [-0.3, -0.25) is 9.59 Å². The zero-order valence-electron chi connectivity index (χ0n) is 15.0. The fourth-order valence-corrected chi connectivity index (χ4v) is 2.57. The van der Waals surface area contributed by atoms with Crippen LogP contribution >= 0.6 is 0 Å². The number of carbonyl (C=O) groups excluding carboxylic acids is 2. The van der Waals surface area contributed by atoms with Crippen molar-refractivity contribution in [1.82, 2.24) is 5.43 Å². The van der Waals surface area contributed by atoms with Crippen LogP contribution in [0.15, 0.2) is 53.6 Å². The molecular formula is C20H21N3O4. The summed E-state index contributed by atoms with van der Waals surface area (Å²) in [4.78, 5) is 24.0. The van der Waals surface area contributed by atoms with E-state index in [2.05, 4.69) is 15.8 Å². The van der Waals surface area contributed by atoms with Crippen molar-refractivity contribution in [3.63, 3.8) is 0 Å². The topological polar surface area (TPSA) is 89.0 Å². The van der Waals surface area contributed by atoms with Gasteiger partial charge in [-0.2, -0.15) is 5.10 Å². The maximum absolute atomic E-state index is 12.1. The molecule has 1 aliphatic heterocycles. The molecule has 0 bridgehead atoms. The number of hydrogen-bond acceptors (Lipinski definition) is 5. The third kappa shape index (κ3) is 5.57. The smallest absolute Gasteiger partial charge is 0.240 e. The number of carbonyl (C=O) groups is 2. The highest BCUT2D eigenvalue weighted by Crippen LogP contribution is 2.34. The van der Waals surface area contributed by atoms with E-state index in [1.54, 1.807) is 25.1 Å². The van der Waals surface area contributed by atoms with Crippen molar-refractivity contribution in [3.8, 4) is 11.5 Å². The van der Waals surface area contributed by atoms with Crippen molar-refractivity contribution in [2.75, 3.05) is 12.1 Å². The summed E-state index contributed by atoms with van der Waals surface area (Å²) in [5.41, 5.74) is 4.71. The molecule has 1 aliphatic rings. The molecule has 2 aromatic rings. The Morgan fingerprint density at radius 3 is 2.63 bits per heavy atom. The monoisotopic (exact) mass is 367 g/mol. The number of aryl methyl sites for hydroxylation is 1. The number of fused-ring (bicyclic) bond motifs is 1. The van der Waals surface area contributed by atoms with Crippen molar-refractivity contribution in [2.24, 2.45) is 5.10 Å². The van der Waals surface area contributed by atoms with Crippen LogP contribution in [0.5, 0.6) is 11.5 Å². The lowest BCUT2D eigenvalue weighted by Crippen LogP contribution is -2.21. The van der Waals surface area contributed by atoms with Crippen molar-refractivity contribution in [1.29, 1.82) is 0 Å². The molecule has 7 heteroatoms. The summed E-state index contributed by atoms with van der Waals surface area (Å²) in [6, 6.07) is 15.0. The summed E-state index contributed by atoms with van der Waals surface area (Å²) >= 11 is 0. The quantitative estimate of drug-likeness (QED) is 0.582. The Kier molecular flexibility index (Phi) is 6.04. The van der Waals surface area contributed by atoms with Crippen LogP contribution in [0.3, 0.4) is 0 Å². The van der Waals surface area contributed by atoms with Crippen LogP contribution in [0.4, 0.5) is 5.69 Å². The Morgan fingerprint density at radius 2 is 1.81 bits per heavy atom. The molecule has 27 heavy (non-hydrogen) atoms. The van der Waals surface area contributed by atoms with Crippen LogP contribution in [-0.4, -0.2) is 24.3 Å². The molecule has 0 aromatic heterocycles. The highest BCUT2D eigenvalue weighted by atomic mass is 16.7. The summed E-state index contributed by atoms with van der Waals surface area (Å²) in [5.74, 6) is 0.843. The first-order valence-electron chi connectivity index (χ1n) is 8.65. The molecule has 2 N–H and O–H groups in total. The van der Waals surface area contributed by atoms with Gasteiger partial charge in [0.2, 0.25) is 18.6 Å². The highest BCUT2D eigenvalue weighted by molar-refractivity contribution is 6.05. The summed E-state index contributed by atoms with van der Waals surface area (Å²) < 4.78 is 10.5. The number of hydrazone groups is 1. The second-order valence-corrected chi connectivity index (χ2v) is 6.16. The van der Waals surface area contributed by atoms with Gasteiger partial charge in [0.15, 0.2) is 11.5 Å². The van der Waals surface area contributed by atoms with Gasteiger partial charge < -0.3 is 14.8 Å². The van der Waals surface area contributed by atoms with Crippen LogP contribution in [0.1, 0.15) is 25.3 Å². The van der Waals surface area contributed by atoms with Gasteiger partial charge in [0, 0.05) is 23.9 Å². The van der Waals surface area contributed by atoms with Gasteiger partial charge in [0.25, 0.3) is 0 Å². The van der Waals surface area contributed by atoms with Crippen LogP contribution in [0, 0.1) is 0 Å². The predicted octanol–water partition coefficient (Wildman–Crippen LogP) is 2.87. The molecule has 0 aliphatic carbocycles. The molecule has 3 rings (SSSR count). The summed E-state index contributed by atoms with van der Waals surface area (Å²) in [6.45, 7) is 1.87. The van der Waals surface area contributed by atoms with E-state index in [4.69, 9.17) is 9.47 Å². The Balaban J connectivity index is 1.42. The molecule has 0 spiro atoms. The molecule has 0 fully saturated rings. The molecule has 0 atom stereocenters. The molecule has 1 heterocycles. The maximum Gasteiger partial charge on any atom is 0.240 e. The Morgan fingerprint density at radius 1 is 1.04 bits per heavy atom. The normalized spacial score (nSPS) is 12.6. The number of anilines is 1. The zero-order valence-corrected chi connectivity index (χ0v) is 15.0. The SMILES string of the molecule is CC(CC(=O)Nc1ccc2c(c1)OCO2)=NNC(=O)CCc1ccccc1. The van der Waals surface area contributed by atoms with Gasteiger partial charge in [-0.25, -0.2) is 5.43 Å². The molecule has 0 radical (unpaired) electrons. The van der Waals surface area contributed by atoms with Gasteiger partial charge >= 0.3 is 0 Å². The number of nitrogens with one attached hydrogen (secondary N) is 2. The average molecular weight is 367 g/mol. The molecule has 0 saturated carbocycles. The first-order valence-corrected chi connectivity index (χ1v) is 8.65. The molecule has 0 unspecified atom stereocenters.